The molecule has 1 aromatic rings. The first-order valence-corrected chi connectivity index (χ1v) is 8.41. The second-order valence-electron chi connectivity index (χ2n) is 5.25. The molecular formula is C17H21FOS. The highest BCUT2D eigenvalue weighted by molar-refractivity contribution is 7.98. The van der Waals surface area contributed by atoms with Crippen molar-refractivity contribution in [3.8, 4) is 11.8 Å². The van der Waals surface area contributed by atoms with Crippen molar-refractivity contribution in [3.05, 3.63) is 35.1 Å². The molecule has 1 aliphatic carbocycles. The lowest BCUT2D eigenvalue weighted by Crippen LogP contribution is -1.98. The SMILES string of the molecule is OCCC#Cc1ccc(CSCC2CCCC2)c(F)c1. The van der Waals surface area contributed by atoms with Gasteiger partial charge in [-0.2, -0.15) is 11.8 Å². The molecule has 0 spiro atoms. The zero-order valence-electron chi connectivity index (χ0n) is 11.7. The Balaban J connectivity index is 1.84. The summed E-state index contributed by atoms with van der Waals surface area (Å²) in [5.74, 6) is 8.23. The second-order valence-corrected chi connectivity index (χ2v) is 6.28. The van der Waals surface area contributed by atoms with E-state index < -0.39 is 0 Å². The largest absolute Gasteiger partial charge is 0.395 e. The molecule has 0 radical (unpaired) electrons. The minimum absolute atomic E-state index is 0.0470. The van der Waals surface area contributed by atoms with Gasteiger partial charge in [-0.1, -0.05) is 30.7 Å². The highest BCUT2D eigenvalue weighted by Gasteiger charge is 2.14. The first kappa shape index (κ1) is 15.4. The van der Waals surface area contributed by atoms with Crippen LogP contribution in [0.3, 0.4) is 0 Å². The van der Waals surface area contributed by atoms with Crippen LogP contribution in [0.15, 0.2) is 18.2 Å². The number of aliphatic hydroxyl groups excluding tert-OH is 1. The minimum atomic E-state index is -0.167. The van der Waals surface area contributed by atoms with Crippen molar-refractivity contribution in [2.75, 3.05) is 12.4 Å². The van der Waals surface area contributed by atoms with Gasteiger partial charge < -0.3 is 5.11 Å². The summed E-state index contributed by atoms with van der Waals surface area (Å²) < 4.78 is 13.9. The van der Waals surface area contributed by atoms with E-state index in [1.165, 1.54) is 31.7 Å². The van der Waals surface area contributed by atoms with Gasteiger partial charge in [-0.15, -0.1) is 0 Å². The Morgan fingerprint density at radius 3 is 2.80 bits per heavy atom. The molecular weight excluding hydrogens is 271 g/mol. The van der Waals surface area contributed by atoms with Crippen LogP contribution in [0.25, 0.3) is 0 Å². The van der Waals surface area contributed by atoms with E-state index in [0.29, 0.717) is 12.0 Å². The van der Waals surface area contributed by atoms with E-state index in [-0.39, 0.29) is 12.4 Å². The van der Waals surface area contributed by atoms with Gasteiger partial charge in [0.05, 0.1) is 6.61 Å². The average Bonchev–Trinajstić information content (AvgIpc) is 2.95. The Labute approximate surface area is 125 Å². The number of halogens is 1. The van der Waals surface area contributed by atoms with Gasteiger partial charge in [0.25, 0.3) is 0 Å². The van der Waals surface area contributed by atoms with E-state index in [0.717, 1.165) is 23.0 Å². The molecule has 0 unspecified atom stereocenters. The van der Waals surface area contributed by atoms with Crippen LogP contribution in [0.2, 0.25) is 0 Å². The smallest absolute Gasteiger partial charge is 0.128 e. The van der Waals surface area contributed by atoms with Crippen LogP contribution in [-0.4, -0.2) is 17.5 Å². The monoisotopic (exact) mass is 292 g/mol. The topological polar surface area (TPSA) is 20.2 Å². The molecule has 0 aliphatic heterocycles. The lowest BCUT2D eigenvalue weighted by atomic mass is 10.1. The van der Waals surface area contributed by atoms with Crippen LogP contribution >= 0.6 is 11.8 Å². The third-order valence-corrected chi connectivity index (χ3v) is 4.83. The van der Waals surface area contributed by atoms with Crippen molar-refractivity contribution in [1.29, 1.82) is 0 Å². The Kier molecular flexibility index (Phi) is 6.42. The molecule has 0 saturated heterocycles. The zero-order valence-corrected chi connectivity index (χ0v) is 12.5. The van der Waals surface area contributed by atoms with Gasteiger partial charge in [0.1, 0.15) is 5.82 Å². The molecule has 1 aliphatic rings. The van der Waals surface area contributed by atoms with Gasteiger partial charge in [-0.25, -0.2) is 4.39 Å². The van der Waals surface area contributed by atoms with E-state index in [1.54, 1.807) is 0 Å². The summed E-state index contributed by atoms with van der Waals surface area (Å²) in [5.41, 5.74) is 1.45. The molecule has 0 atom stereocenters. The van der Waals surface area contributed by atoms with Gasteiger partial charge in [0.15, 0.2) is 0 Å². The summed E-state index contributed by atoms with van der Waals surface area (Å²) >= 11 is 1.84. The van der Waals surface area contributed by atoms with Crippen LogP contribution in [0.5, 0.6) is 0 Å². The van der Waals surface area contributed by atoms with Crippen molar-refractivity contribution in [2.45, 2.75) is 37.9 Å². The second kappa shape index (κ2) is 8.34. The number of rotatable bonds is 5. The van der Waals surface area contributed by atoms with E-state index >= 15 is 0 Å². The molecule has 1 N–H and O–H groups in total. The molecule has 0 aromatic heterocycles. The summed E-state index contributed by atoms with van der Waals surface area (Å²) in [5, 5.41) is 8.65. The Bertz CT molecular complexity index is 483. The number of benzene rings is 1. The van der Waals surface area contributed by atoms with Crippen molar-refractivity contribution in [3.63, 3.8) is 0 Å². The Hall–Kier alpha value is -0.980. The van der Waals surface area contributed by atoms with Crippen molar-refractivity contribution in [1.82, 2.24) is 0 Å². The molecule has 1 saturated carbocycles. The lowest BCUT2D eigenvalue weighted by molar-refractivity contribution is 0.305. The normalized spacial score (nSPS) is 15.1. The molecule has 2 rings (SSSR count). The number of hydrogen-bond donors (Lipinski definition) is 1. The van der Waals surface area contributed by atoms with Crippen LogP contribution in [0, 0.1) is 23.6 Å². The molecule has 1 nitrogen and oxygen atoms in total. The molecule has 20 heavy (non-hydrogen) atoms. The predicted molar refractivity (Wildman–Crippen MR) is 83.1 cm³/mol. The standard InChI is InChI=1S/C17H21FOS/c18-17-11-14(5-3-4-10-19)8-9-16(17)13-20-12-15-6-1-2-7-15/h8-9,11,15,19H,1-2,4,6-7,10,12-13H2. The van der Waals surface area contributed by atoms with Crippen LogP contribution in [0.1, 0.15) is 43.2 Å². The fourth-order valence-electron chi connectivity index (χ4n) is 2.48. The van der Waals surface area contributed by atoms with E-state index in [9.17, 15) is 4.39 Å². The fourth-order valence-corrected chi connectivity index (χ4v) is 3.71. The summed E-state index contributed by atoms with van der Waals surface area (Å²) in [6.07, 6.45) is 5.84. The zero-order chi connectivity index (χ0) is 14.2. The molecule has 1 fully saturated rings. The maximum atomic E-state index is 13.9. The fraction of sp³-hybridized carbons (Fsp3) is 0.529. The van der Waals surface area contributed by atoms with E-state index in [4.69, 9.17) is 5.11 Å². The highest BCUT2D eigenvalue weighted by Crippen LogP contribution is 2.29. The maximum Gasteiger partial charge on any atom is 0.128 e. The molecule has 3 heteroatoms. The maximum absolute atomic E-state index is 13.9. The van der Waals surface area contributed by atoms with Gasteiger partial charge in [-0.3, -0.25) is 0 Å². The van der Waals surface area contributed by atoms with Gasteiger partial charge in [0.2, 0.25) is 0 Å². The van der Waals surface area contributed by atoms with Crippen molar-refractivity contribution in [2.24, 2.45) is 5.92 Å². The highest BCUT2D eigenvalue weighted by atomic mass is 32.2. The first-order valence-electron chi connectivity index (χ1n) is 7.25. The Morgan fingerprint density at radius 1 is 1.30 bits per heavy atom. The van der Waals surface area contributed by atoms with E-state index in [2.05, 4.69) is 11.8 Å². The van der Waals surface area contributed by atoms with Crippen LogP contribution < -0.4 is 0 Å². The summed E-state index contributed by atoms with van der Waals surface area (Å²) in [6.45, 7) is 0.0470. The molecule has 108 valence electrons. The molecule has 0 bridgehead atoms. The first-order chi connectivity index (χ1) is 9.79. The number of hydrogen-bond acceptors (Lipinski definition) is 2. The van der Waals surface area contributed by atoms with Crippen LogP contribution in [-0.2, 0) is 5.75 Å². The van der Waals surface area contributed by atoms with Gasteiger partial charge in [0, 0.05) is 17.7 Å². The van der Waals surface area contributed by atoms with Crippen molar-refractivity contribution >= 4 is 11.8 Å². The summed E-state index contributed by atoms with van der Waals surface area (Å²) in [4.78, 5) is 0. The van der Waals surface area contributed by atoms with Crippen LogP contribution in [0.4, 0.5) is 4.39 Å². The third-order valence-electron chi connectivity index (χ3n) is 3.61. The Morgan fingerprint density at radius 2 is 2.10 bits per heavy atom. The van der Waals surface area contributed by atoms with E-state index in [1.807, 2.05) is 23.9 Å². The van der Waals surface area contributed by atoms with Crippen molar-refractivity contribution < 1.29 is 9.50 Å². The minimum Gasteiger partial charge on any atom is -0.395 e. The average molecular weight is 292 g/mol. The quantitative estimate of drug-likeness (QED) is 0.828. The summed E-state index contributed by atoms with van der Waals surface area (Å²) in [6, 6.07) is 5.19. The molecule has 0 amide bonds. The number of thioether (sulfide) groups is 1. The van der Waals surface area contributed by atoms with Gasteiger partial charge >= 0.3 is 0 Å². The van der Waals surface area contributed by atoms with Gasteiger partial charge in [-0.05, 0) is 42.2 Å². The molecule has 1 aromatic carbocycles. The molecule has 0 heterocycles. The third kappa shape index (κ3) is 4.85. The lowest BCUT2D eigenvalue weighted by Gasteiger charge is -2.08. The predicted octanol–water partition coefficient (Wildman–Crippen LogP) is 3.98. The summed E-state index contributed by atoms with van der Waals surface area (Å²) in [7, 11) is 0. The number of aliphatic hydroxyl groups is 1.